The van der Waals surface area contributed by atoms with Crippen LogP contribution in [0.1, 0.15) is 24.5 Å². The lowest BCUT2D eigenvalue weighted by molar-refractivity contribution is 0.289. The molecule has 0 heterocycles. The van der Waals surface area contributed by atoms with Crippen molar-refractivity contribution in [1.82, 2.24) is 5.32 Å². The second-order valence-electron chi connectivity index (χ2n) is 4.08. The first kappa shape index (κ1) is 13.6. The van der Waals surface area contributed by atoms with E-state index in [1.165, 1.54) is 16.0 Å². The average Bonchev–Trinajstić information content (AvgIpc) is 2.23. The summed E-state index contributed by atoms with van der Waals surface area (Å²) in [6, 6.07) is 6.55. The van der Waals surface area contributed by atoms with Crippen LogP contribution < -0.4 is 5.32 Å². The molecule has 0 bridgehead atoms. The second-order valence-corrected chi connectivity index (χ2v) is 5.56. The predicted molar refractivity (Wildman–Crippen MR) is 71.0 cm³/mol. The molecule has 0 aliphatic rings. The first-order valence-corrected chi connectivity index (χ1v) is 6.57. The standard InChI is InChI=1S/C13H21NOS/c1-10-4-5-13(12(8-10)9-14-3)16-11(2)6-7-15/h4-5,8,11,14-15H,6-7,9H2,1-3H3. The van der Waals surface area contributed by atoms with Crippen molar-refractivity contribution in [2.75, 3.05) is 13.7 Å². The number of nitrogens with one attached hydrogen (secondary N) is 1. The first-order chi connectivity index (χ1) is 7.67. The van der Waals surface area contributed by atoms with Crippen molar-refractivity contribution in [3.63, 3.8) is 0 Å². The number of benzene rings is 1. The van der Waals surface area contributed by atoms with Gasteiger partial charge >= 0.3 is 0 Å². The van der Waals surface area contributed by atoms with Gasteiger partial charge in [-0.25, -0.2) is 0 Å². The molecular formula is C13H21NOS. The summed E-state index contributed by atoms with van der Waals surface area (Å²) in [7, 11) is 1.97. The molecule has 0 saturated carbocycles. The zero-order valence-electron chi connectivity index (χ0n) is 10.3. The van der Waals surface area contributed by atoms with Crippen molar-refractivity contribution in [2.45, 2.75) is 37.0 Å². The zero-order chi connectivity index (χ0) is 12.0. The Labute approximate surface area is 102 Å². The van der Waals surface area contributed by atoms with Gasteiger partial charge in [0.15, 0.2) is 0 Å². The maximum Gasteiger partial charge on any atom is 0.0441 e. The van der Waals surface area contributed by atoms with Crippen LogP contribution in [0.4, 0.5) is 0 Å². The fraction of sp³-hybridized carbons (Fsp3) is 0.538. The third-order valence-electron chi connectivity index (χ3n) is 2.45. The van der Waals surface area contributed by atoms with Crippen LogP contribution in [0.3, 0.4) is 0 Å². The maximum absolute atomic E-state index is 8.91. The number of rotatable bonds is 6. The van der Waals surface area contributed by atoms with E-state index in [1.807, 2.05) is 18.8 Å². The first-order valence-electron chi connectivity index (χ1n) is 5.69. The summed E-state index contributed by atoms with van der Waals surface area (Å²) < 4.78 is 0. The van der Waals surface area contributed by atoms with E-state index < -0.39 is 0 Å². The summed E-state index contributed by atoms with van der Waals surface area (Å²) in [6.07, 6.45) is 0.845. The van der Waals surface area contributed by atoms with Crippen LogP contribution >= 0.6 is 11.8 Å². The van der Waals surface area contributed by atoms with Crippen molar-refractivity contribution in [3.8, 4) is 0 Å². The normalized spacial score (nSPS) is 12.8. The van der Waals surface area contributed by atoms with Gasteiger partial charge in [-0.15, -0.1) is 11.8 Å². The quantitative estimate of drug-likeness (QED) is 0.748. The summed E-state index contributed by atoms with van der Waals surface area (Å²) in [4.78, 5) is 1.32. The highest BCUT2D eigenvalue weighted by molar-refractivity contribution is 8.00. The van der Waals surface area contributed by atoms with Crippen LogP contribution in [-0.4, -0.2) is 24.0 Å². The number of thioether (sulfide) groups is 1. The highest BCUT2D eigenvalue weighted by Crippen LogP contribution is 2.29. The largest absolute Gasteiger partial charge is 0.396 e. The summed E-state index contributed by atoms with van der Waals surface area (Å²) in [5.74, 6) is 0. The molecular weight excluding hydrogens is 218 g/mol. The second kappa shape index (κ2) is 6.94. The lowest BCUT2D eigenvalue weighted by atomic mass is 10.1. The van der Waals surface area contributed by atoms with Gasteiger partial charge in [0.2, 0.25) is 0 Å². The molecule has 1 rings (SSSR count). The molecule has 0 radical (unpaired) electrons. The zero-order valence-corrected chi connectivity index (χ0v) is 11.1. The molecule has 0 aromatic heterocycles. The number of aliphatic hydroxyl groups excluding tert-OH is 1. The molecule has 0 spiro atoms. The van der Waals surface area contributed by atoms with Crippen molar-refractivity contribution in [3.05, 3.63) is 29.3 Å². The van der Waals surface area contributed by atoms with Crippen LogP contribution in [0.15, 0.2) is 23.1 Å². The summed E-state index contributed by atoms with van der Waals surface area (Å²) in [5.41, 5.74) is 2.64. The smallest absolute Gasteiger partial charge is 0.0441 e. The van der Waals surface area contributed by atoms with Gasteiger partial charge in [0.05, 0.1) is 0 Å². The van der Waals surface area contributed by atoms with Gasteiger partial charge in [-0.05, 0) is 32.0 Å². The lowest BCUT2D eigenvalue weighted by Gasteiger charge is -2.14. The minimum absolute atomic E-state index is 0.265. The minimum atomic E-state index is 0.265. The third-order valence-corrected chi connectivity index (χ3v) is 3.74. The molecule has 0 amide bonds. The molecule has 1 aromatic rings. The van der Waals surface area contributed by atoms with Crippen molar-refractivity contribution in [2.24, 2.45) is 0 Å². The molecule has 16 heavy (non-hydrogen) atoms. The monoisotopic (exact) mass is 239 g/mol. The topological polar surface area (TPSA) is 32.3 Å². The Kier molecular flexibility index (Phi) is 5.88. The molecule has 1 atom stereocenters. The molecule has 2 N–H and O–H groups in total. The molecule has 2 nitrogen and oxygen atoms in total. The van der Waals surface area contributed by atoms with Gasteiger partial charge in [0, 0.05) is 23.3 Å². The Bertz CT molecular complexity index is 328. The van der Waals surface area contributed by atoms with E-state index >= 15 is 0 Å². The number of hydrogen-bond donors (Lipinski definition) is 2. The predicted octanol–water partition coefficient (Wildman–Crippen LogP) is 2.58. The Morgan fingerprint density at radius 1 is 1.44 bits per heavy atom. The fourth-order valence-corrected chi connectivity index (χ4v) is 2.70. The summed E-state index contributed by atoms with van der Waals surface area (Å²) >= 11 is 1.84. The Hall–Kier alpha value is -0.510. The van der Waals surface area contributed by atoms with Crippen molar-refractivity contribution < 1.29 is 5.11 Å². The Morgan fingerprint density at radius 3 is 2.81 bits per heavy atom. The van der Waals surface area contributed by atoms with Gasteiger partial charge in [-0.3, -0.25) is 0 Å². The van der Waals surface area contributed by atoms with E-state index in [0.717, 1.165) is 13.0 Å². The van der Waals surface area contributed by atoms with E-state index in [9.17, 15) is 0 Å². The maximum atomic E-state index is 8.91. The summed E-state index contributed by atoms with van der Waals surface area (Å²) in [5, 5.41) is 12.6. The van der Waals surface area contributed by atoms with Crippen molar-refractivity contribution in [1.29, 1.82) is 0 Å². The van der Waals surface area contributed by atoms with E-state index in [1.54, 1.807) is 0 Å². The van der Waals surface area contributed by atoms with Crippen LogP contribution in [0.2, 0.25) is 0 Å². The number of aliphatic hydroxyl groups is 1. The van der Waals surface area contributed by atoms with E-state index in [-0.39, 0.29) is 6.61 Å². The third kappa shape index (κ3) is 4.16. The van der Waals surface area contributed by atoms with E-state index in [4.69, 9.17) is 5.11 Å². The number of hydrogen-bond acceptors (Lipinski definition) is 3. The van der Waals surface area contributed by atoms with Crippen LogP contribution in [0.5, 0.6) is 0 Å². The molecule has 90 valence electrons. The van der Waals surface area contributed by atoms with Crippen LogP contribution in [-0.2, 0) is 6.54 Å². The highest BCUT2D eigenvalue weighted by Gasteiger charge is 2.08. The van der Waals surface area contributed by atoms with Gasteiger partial charge in [0.1, 0.15) is 0 Å². The Balaban J connectivity index is 2.77. The van der Waals surface area contributed by atoms with E-state index in [2.05, 4.69) is 37.4 Å². The van der Waals surface area contributed by atoms with Crippen LogP contribution in [0.25, 0.3) is 0 Å². The fourth-order valence-electron chi connectivity index (χ4n) is 1.61. The Morgan fingerprint density at radius 2 is 2.19 bits per heavy atom. The molecule has 0 saturated heterocycles. The lowest BCUT2D eigenvalue weighted by Crippen LogP contribution is -2.07. The van der Waals surface area contributed by atoms with Gasteiger partial charge in [-0.1, -0.05) is 24.6 Å². The molecule has 0 aliphatic heterocycles. The number of aryl methyl sites for hydroxylation is 1. The van der Waals surface area contributed by atoms with Crippen molar-refractivity contribution >= 4 is 11.8 Å². The average molecular weight is 239 g/mol. The highest BCUT2D eigenvalue weighted by atomic mass is 32.2. The molecule has 1 aromatic carbocycles. The molecule has 1 unspecified atom stereocenters. The van der Waals surface area contributed by atoms with Crippen LogP contribution in [0, 0.1) is 6.92 Å². The minimum Gasteiger partial charge on any atom is -0.396 e. The van der Waals surface area contributed by atoms with E-state index in [0.29, 0.717) is 5.25 Å². The molecule has 0 aliphatic carbocycles. The molecule has 0 fully saturated rings. The van der Waals surface area contributed by atoms with Gasteiger partial charge in [0.25, 0.3) is 0 Å². The van der Waals surface area contributed by atoms with Gasteiger partial charge < -0.3 is 10.4 Å². The van der Waals surface area contributed by atoms with Gasteiger partial charge in [-0.2, -0.15) is 0 Å². The SMILES string of the molecule is CNCc1cc(C)ccc1SC(C)CCO. The molecule has 3 heteroatoms. The summed E-state index contributed by atoms with van der Waals surface area (Å²) in [6.45, 7) is 5.44.